The molecule has 1 aromatic carbocycles. The molecule has 2 aliphatic rings. The zero-order valence-corrected chi connectivity index (χ0v) is 15.7. The zero-order chi connectivity index (χ0) is 19.9. The molecule has 0 aliphatic carbocycles. The largest absolute Gasteiger partial charge is 0.410 e. The van der Waals surface area contributed by atoms with E-state index in [0.29, 0.717) is 13.1 Å². The van der Waals surface area contributed by atoms with Crippen molar-refractivity contribution in [3.05, 3.63) is 47.2 Å². The number of piperidine rings is 1. The molecule has 0 unspecified atom stereocenters. The number of halogens is 3. The average molecular weight is 392 g/mol. The fourth-order valence-electron chi connectivity index (χ4n) is 3.95. The van der Waals surface area contributed by atoms with Gasteiger partial charge in [0.05, 0.1) is 6.04 Å². The van der Waals surface area contributed by atoms with Crippen LogP contribution in [0.1, 0.15) is 59.4 Å². The molecule has 2 aromatic rings. The van der Waals surface area contributed by atoms with Gasteiger partial charge in [0.1, 0.15) is 5.82 Å². The summed E-state index contributed by atoms with van der Waals surface area (Å²) in [4.78, 5) is 14.4. The van der Waals surface area contributed by atoms with Crippen molar-refractivity contribution in [2.45, 2.75) is 50.9 Å². The Morgan fingerprint density at radius 3 is 2.46 bits per heavy atom. The van der Waals surface area contributed by atoms with Gasteiger partial charge in [-0.25, -0.2) is 4.68 Å². The van der Waals surface area contributed by atoms with Gasteiger partial charge in [-0.05, 0) is 31.7 Å². The predicted octanol–water partition coefficient (Wildman–Crippen LogP) is 4.48. The number of hydrogen-bond donors (Lipinski definition) is 1. The van der Waals surface area contributed by atoms with Gasteiger partial charge in [-0.2, -0.15) is 18.3 Å². The third-order valence-corrected chi connectivity index (χ3v) is 5.53. The van der Waals surface area contributed by atoms with Crippen LogP contribution in [0.3, 0.4) is 0 Å². The van der Waals surface area contributed by atoms with E-state index in [1.807, 2.05) is 31.2 Å². The highest BCUT2D eigenvalue weighted by atomic mass is 19.4. The molecule has 1 amide bonds. The summed E-state index contributed by atoms with van der Waals surface area (Å²) in [6, 6.07) is 6.65. The summed E-state index contributed by atoms with van der Waals surface area (Å²) in [5.74, 6) is -0.0595. The lowest BCUT2D eigenvalue weighted by atomic mass is 9.96. The average Bonchev–Trinajstić information content (AvgIpc) is 3.11. The van der Waals surface area contributed by atoms with Gasteiger partial charge in [-0.3, -0.25) is 4.79 Å². The number of anilines is 1. The van der Waals surface area contributed by atoms with Crippen LogP contribution >= 0.6 is 0 Å². The van der Waals surface area contributed by atoms with Crippen molar-refractivity contribution in [2.24, 2.45) is 0 Å². The SMILES string of the molecule is Cc1ccc([C@@H]2C[C@@H](C(F)(F)F)n3nc(C(=O)N4CCCCC4)cc3N2)cc1. The Hall–Kier alpha value is -2.51. The fourth-order valence-corrected chi connectivity index (χ4v) is 3.95. The van der Waals surface area contributed by atoms with Crippen LogP contribution in [0.25, 0.3) is 0 Å². The topological polar surface area (TPSA) is 50.2 Å². The van der Waals surface area contributed by atoms with Crippen molar-refractivity contribution in [3.63, 3.8) is 0 Å². The molecule has 150 valence electrons. The third-order valence-electron chi connectivity index (χ3n) is 5.53. The molecule has 0 spiro atoms. The Kier molecular flexibility index (Phi) is 4.81. The van der Waals surface area contributed by atoms with Crippen LogP contribution < -0.4 is 5.32 Å². The highest BCUT2D eigenvalue weighted by Gasteiger charge is 2.47. The van der Waals surface area contributed by atoms with Crippen LogP contribution in [0.5, 0.6) is 0 Å². The normalized spacial score (nSPS) is 22.5. The molecule has 3 heterocycles. The first-order valence-electron chi connectivity index (χ1n) is 9.61. The summed E-state index contributed by atoms with van der Waals surface area (Å²) in [6.45, 7) is 3.19. The van der Waals surface area contributed by atoms with Crippen LogP contribution in [0.2, 0.25) is 0 Å². The van der Waals surface area contributed by atoms with E-state index < -0.39 is 18.3 Å². The minimum Gasteiger partial charge on any atom is -0.363 e. The second kappa shape index (κ2) is 7.14. The number of carbonyl (C=O) groups is 1. The quantitative estimate of drug-likeness (QED) is 0.820. The molecule has 4 rings (SSSR count). The van der Waals surface area contributed by atoms with Crippen molar-refractivity contribution < 1.29 is 18.0 Å². The summed E-state index contributed by atoms with van der Waals surface area (Å²) >= 11 is 0. The monoisotopic (exact) mass is 392 g/mol. The maximum absolute atomic E-state index is 13.8. The van der Waals surface area contributed by atoms with Crippen molar-refractivity contribution in [1.29, 1.82) is 0 Å². The molecule has 1 N–H and O–H groups in total. The Bertz CT molecular complexity index is 853. The highest BCUT2D eigenvalue weighted by molar-refractivity contribution is 5.93. The van der Waals surface area contributed by atoms with Crippen molar-refractivity contribution in [2.75, 3.05) is 18.4 Å². The molecule has 5 nitrogen and oxygen atoms in total. The number of fused-ring (bicyclic) bond motifs is 1. The molecule has 1 aromatic heterocycles. The molecule has 0 radical (unpaired) electrons. The van der Waals surface area contributed by atoms with Gasteiger partial charge in [0.25, 0.3) is 5.91 Å². The summed E-state index contributed by atoms with van der Waals surface area (Å²) in [5.41, 5.74) is 1.91. The van der Waals surface area contributed by atoms with Crippen LogP contribution in [0.4, 0.5) is 19.0 Å². The maximum atomic E-state index is 13.8. The summed E-state index contributed by atoms with van der Waals surface area (Å²) in [6.07, 6.45) is -1.72. The molecule has 2 aliphatic heterocycles. The first-order valence-corrected chi connectivity index (χ1v) is 9.61. The lowest BCUT2D eigenvalue weighted by Gasteiger charge is -2.33. The van der Waals surface area contributed by atoms with Gasteiger partial charge in [-0.1, -0.05) is 29.8 Å². The first kappa shape index (κ1) is 18.8. The number of aryl methyl sites for hydroxylation is 1. The molecule has 1 fully saturated rings. The van der Waals surface area contributed by atoms with Crippen molar-refractivity contribution >= 4 is 11.7 Å². The van der Waals surface area contributed by atoms with E-state index in [-0.39, 0.29) is 23.8 Å². The number of rotatable bonds is 2. The lowest BCUT2D eigenvalue weighted by Crippen LogP contribution is -2.37. The van der Waals surface area contributed by atoms with Crippen LogP contribution in [0, 0.1) is 6.92 Å². The van der Waals surface area contributed by atoms with E-state index in [4.69, 9.17) is 0 Å². The van der Waals surface area contributed by atoms with Gasteiger partial charge in [0.2, 0.25) is 0 Å². The maximum Gasteiger partial charge on any atom is 0.410 e. The Balaban J connectivity index is 1.65. The van der Waals surface area contributed by atoms with Gasteiger partial charge in [0, 0.05) is 25.6 Å². The minimum absolute atomic E-state index is 0.0724. The number of amides is 1. The number of nitrogens with zero attached hydrogens (tertiary/aromatic N) is 3. The number of carbonyl (C=O) groups excluding carboxylic acids is 1. The third kappa shape index (κ3) is 3.59. The standard InChI is InChI=1S/C20H23F3N4O/c1-13-5-7-14(8-6-13)15-11-17(20(21,22)23)27-18(24-15)12-16(25-27)19(28)26-9-3-2-4-10-26/h5-8,12,15,17,24H,2-4,9-11H2,1H3/t15-,17-/m0/s1. The smallest absolute Gasteiger partial charge is 0.363 e. The van der Waals surface area contributed by atoms with Gasteiger partial charge < -0.3 is 10.2 Å². The number of aromatic nitrogens is 2. The van der Waals surface area contributed by atoms with E-state index in [0.717, 1.165) is 35.1 Å². The lowest BCUT2D eigenvalue weighted by molar-refractivity contribution is -0.173. The minimum atomic E-state index is -4.45. The molecule has 0 bridgehead atoms. The number of likely N-dealkylation sites (tertiary alicyclic amines) is 1. The Labute approximate surface area is 161 Å². The first-order chi connectivity index (χ1) is 13.3. The van der Waals surface area contributed by atoms with E-state index in [1.54, 1.807) is 4.90 Å². The number of nitrogens with one attached hydrogen (secondary N) is 1. The predicted molar refractivity (Wildman–Crippen MR) is 99.2 cm³/mol. The molecule has 8 heteroatoms. The fraction of sp³-hybridized carbons (Fsp3) is 0.500. The van der Waals surface area contributed by atoms with E-state index in [2.05, 4.69) is 10.4 Å². The summed E-state index contributed by atoms with van der Waals surface area (Å²) in [7, 11) is 0. The molecular weight excluding hydrogens is 369 g/mol. The second-order valence-electron chi connectivity index (χ2n) is 7.61. The van der Waals surface area contributed by atoms with Crippen molar-refractivity contribution in [3.8, 4) is 0 Å². The van der Waals surface area contributed by atoms with Crippen LogP contribution in [-0.2, 0) is 0 Å². The van der Waals surface area contributed by atoms with Gasteiger partial charge in [-0.15, -0.1) is 0 Å². The number of hydrogen-bond acceptors (Lipinski definition) is 3. The highest BCUT2D eigenvalue weighted by Crippen LogP contribution is 2.43. The van der Waals surface area contributed by atoms with E-state index in [9.17, 15) is 18.0 Å². The summed E-state index contributed by atoms with van der Waals surface area (Å²) in [5, 5.41) is 7.20. The summed E-state index contributed by atoms with van der Waals surface area (Å²) < 4.78 is 42.2. The molecule has 0 saturated carbocycles. The van der Waals surface area contributed by atoms with E-state index >= 15 is 0 Å². The second-order valence-corrected chi connectivity index (χ2v) is 7.61. The molecule has 2 atom stereocenters. The molecule has 28 heavy (non-hydrogen) atoms. The number of alkyl halides is 3. The Morgan fingerprint density at radius 2 is 1.82 bits per heavy atom. The zero-order valence-electron chi connectivity index (χ0n) is 15.7. The Morgan fingerprint density at radius 1 is 1.14 bits per heavy atom. The van der Waals surface area contributed by atoms with Crippen LogP contribution in [0.15, 0.2) is 30.3 Å². The van der Waals surface area contributed by atoms with Gasteiger partial charge in [0.15, 0.2) is 11.7 Å². The van der Waals surface area contributed by atoms with Crippen LogP contribution in [-0.4, -0.2) is 39.9 Å². The van der Waals surface area contributed by atoms with Gasteiger partial charge >= 0.3 is 6.18 Å². The molecule has 1 saturated heterocycles. The van der Waals surface area contributed by atoms with E-state index in [1.165, 1.54) is 6.07 Å². The number of benzene rings is 1. The van der Waals surface area contributed by atoms with Crippen molar-refractivity contribution in [1.82, 2.24) is 14.7 Å². The molecular formula is C20H23F3N4O.